The molecule has 1 aliphatic carbocycles. The van der Waals surface area contributed by atoms with E-state index in [0.717, 1.165) is 29.2 Å². The first-order valence-electron chi connectivity index (χ1n) is 23.3. The van der Waals surface area contributed by atoms with Gasteiger partial charge in [-0.1, -0.05) is 92.9 Å². The van der Waals surface area contributed by atoms with Gasteiger partial charge in [0.1, 0.15) is 36.0 Å². The number of carbonyl (C=O) groups is 7. The molecule has 3 aromatic rings. The molecule has 0 aromatic heterocycles. The number of aliphatic carboxylic acids is 1. The number of carboxylic acids is 1. The first-order chi connectivity index (χ1) is 31.7. The largest absolute Gasteiger partial charge is 0.481 e. The predicted molar refractivity (Wildman–Crippen MR) is 252 cm³/mol. The van der Waals surface area contributed by atoms with E-state index >= 15 is 0 Å². The fraction of sp³-hybridized carbons (Fsp3) is 0.531. The number of benzene rings is 3. The Balaban J connectivity index is 1.37. The molecule has 1 saturated carbocycles. The molecule has 2 fully saturated rings. The Hall–Kier alpha value is -5.88. The molecule has 5 rings (SSSR count). The maximum atomic E-state index is 14.5. The molecule has 1 aliphatic heterocycles. The number of nitrogens with one attached hydrogen (secondary N) is 5. The number of likely N-dealkylation sites (tertiary alicyclic amines) is 1. The monoisotopic (exact) mass is 946 g/mol. The first-order valence-corrected chi connectivity index (χ1v) is 24.9. The number of nitrogens with zero attached hydrogens (tertiary/aromatic N) is 1. The van der Waals surface area contributed by atoms with E-state index < -0.39 is 87.1 Å². The molecule has 7 N–H and O–H groups in total. The van der Waals surface area contributed by atoms with Crippen molar-refractivity contribution in [3.63, 3.8) is 0 Å². The number of hydrogen-bond donors (Lipinski definition) is 7. The van der Waals surface area contributed by atoms with Gasteiger partial charge in [-0.05, 0) is 93.2 Å². The molecule has 3 aromatic carbocycles. The van der Waals surface area contributed by atoms with Gasteiger partial charge in [0.15, 0.2) is 0 Å². The normalized spacial score (nSPS) is 17.2. The summed E-state index contributed by atoms with van der Waals surface area (Å²) in [4.78, 5) is 97.1. The summed E-state index contributed by atoms with van der Waals surface area (Å²) in [7, 11) is -4.27. The lowest BCUT2D eigenvalue weighted by Gasteiger charge is -2.31. The zero-order valence-electron chi connectivity index (χ0n) is 38.8. The molecule has 2 aliphatic rings. The minimum atomic E-state index is -4.27. The average Bonchev–Trinajstić information content (AvgIpc) is 3.99. The van der Waals surface area contributed by atoms with E-state index in [1.165, 1.54) is 17.0 Å². The van der Waals surface area contributed by atoms with Crippen molar-refractivity contribution < 1.29 is 51.6 Å². The summed E-state index contributed by atoms with van der Waals surface area (Å²) in [5.74, 6) is -5.07. The summed E-state index contributed by atoms with van der Waals surface area (Å²) in [6.45, 7) is 7.39. The van der Waals surface area contributed by atoms with Gasteiger partial charge in [-0.15, -0.1) is 0 Å². The fourth-order valence-corrected chi connectivity index (χ4v) is 9.46. The molecule has 1 heterocycles. The Kier molecular flexibility index (Phi) is 18.4. The molecule has 17 nitrogen and oxygen atoms in total. The molecule has 18 heteroatoms. The maximum absolute atomic E-state index is 14.5. The summed E-state index contributed by atoms with van der Waals surface area (Å²) in [5, 5.41) is 25.4. The SMILES string of the molecule is CCC[C@H](NC(=O)[C@H](Cc1ccc(CS(=O)(=O)O)cc1)NC(=O)C1CCCC1)C(=O)N1CCC[C@H]1C(=O)N[C@@H](Cc1cccc2ccccc12)C(=O)N[C@@H](CCCC(=O)O)C(=O)NC(C)(C)C. The molecule has 5 atom stereocenters. The van der Waals surface area contributed by atoms with Gasteiger partial charge in [0, 0.05) is 37.3 Å². The van der Waals surface area contributed by atoms with Crippen LogP contribution in [0.5, 0.6) is 0 Å². The number of carbonyl (C=O) groups excluding carboxylic acids is 6. The highest BCUT2D eigenvalue weighted by Crippen LogP contribution is 2.26. The van der Waals surface area contributed by atoms with E-state index in [-0.39, 0.29) is 63.3 Å². The lowest BCUT2D eigenvalue weighted by Crippen LogP contribution is -2.59. The standard InChI is InChI=1S/C49H66N6O11S/c1-5-13-38(51-44(59)39(52-43(58)34-15-6-7-16-34)28-31-23-25-32(26-24-31)30-67(64,65)66)48(63)55-27-12-21-41(55)47(62)53-40(29-35-18-10-17-33-14-8-9-19-36(33)35)45(60)50-37(20-11-22-42(56)57)46(61)54-49(2,3)4/h8-10,14,17-19,23-26,34,37-41H,5-7,11-13,15-16,20-22,27-30H2,1-4H3,(H,50,60)(H,51,59)(H,52,58)(H,53,62)(H,54,61)(H,56,57)(H,64,65,66)/t37-,38-,39-,40-,41-/m0/s1. The molecular formula is C49H66N6O11S. The summed E-state index contributed by atoms with van der Waals surface area (Å²) >= 11 is 0. The van der Waals surface area contributed by atoms with Crippen LogP contribution in [0, 0.1) is 5.92 Å². The Labute approximate surface area is 392 Å². The van der Waals surface area contributed by atoms with Gasteiger partial charge in [-0.3, -0.25) is 38.1 Å². The molecular weight excluding hydrogens is 881 g/mol. The molecule has 0 spiro atoms. The second kappa shape index (κ2) is 23.7. The minimum Gasteiger partial charge on any atom is -0.481 e. The van der Waals surface area contributed by atoms with Crippen LogP contribution < -0.4 is 26.6 Å². The third kappa shape index (κ3) is 15.9. The van der Waals surface area contributed by atoms with Crippen LogP contribution in [0.25, 0.3) is 10.8 Å². The number of hydrogen-bond acceptors (Lipinski definition) is 9. The second-order valence-electron chi connectivity index (χ2n) is 18.8. The zero-order valence-corrected chi connectivity index (χ0v) is 39.7. The first kappa shape index (κ1) is 52.1. The van der Waals surface area contributed by atoms with Gasteiger partial charge in [0.25, 0.3) is 10.1 Å². The maximum Gasteiger partial charge on any atom is 0.303 e. The Bertz CT molecular complexity index is 2360. The zero-order chi connectivity index (χ0) is 48.9. The molecule has 364 valence electrons. The van der Waals surface area contributed by atoms with Crippen molar-refractivity contribution >= 4 is 62.3 Å². The second-order valence-corrected chi connectivity index (χ2v) is 20.3. The van der Waals surface area contributed by atoms with Crippen molar-refractivity contribution in [2.45, 2.75) is 153 Å². The molecule has 1 saturated heterocycles. The van der Waals surface area contributed by atoms with Crippen molar-refractivity contribution in [3.8, 4) is 0 Å². The van der Waals surface area contributed by atoms with E-state index in [1.807, 2.05) is 49.4 Å². The molecule has 0 unspecified atom stereocenters. The van der Waals surface area contributed by atoms with Gasteiger partial charge in [0.05, 0.1) is 0 Å². The van der Waals surface area contributed by atoms with Gasteiger partial charge in [-0.25, -0.2) is 0 Å². The van der Waals surface area contributed by atoms with Crippen LogP contribution in [0.15, 0.2) is 66.7 Å². The minimum absolute atomic E-state index is 0.0219. The number of carboxylic acid groups (broad SMARTS) is 1. The van der Waals surface area contributed by atoms with Gasteiger partial charge in [0.2, 0.25) is 35.4 Å². The molecule has 67 heavy (non-hydrogen) atoms. The lowest BCUT2D eigenvalue weighted by atomic mass is 9.97. The molecule has 6 amide bonds. The Morgan fingerprint density at radius 1 is 0.701 bits per heavy atom. The van der Waals surface area contributed by atoms with Gasteiger partial charge in [-0.2, -0.15) is 8.42 Å². The highest BCUT2D eigenvalue weighted by Gasteiger charge is 2.40. The van der Waals surface area contributed by atoms with E-state index in [1.54, 1.807) is 32.9 Å². The third-order valence-corrected chi connectivity index (χ3v) is 12.9. The van der Waals surface area contributed by atoms with Crippen molar-refractivity contribution in [1.82, 2.24) is 31.5 Å². The lowest BCUT2D eigenvalue weighted by molar-refractivity contribution is -0.142. The van der Waals surface area contributed by atoms with Crippen LogP contribution in [0.1, 0.15) is 115 Å². The van der Waals surface area contributed by atoms with Crippen molar-refractivity contribution in [3.05, 3.63) is 83.4 Å². The smallest absolute Gasteiger partial charge is 0.303 e. The van der Waals surface area contributed by atoms with Crippen LogP contribution in [0.3, 0.4) is 0 Å². The van der Waals surface area contributed by atoms with Crippen LogP contribution >= 0.6 is 0 Å². The topological polar surface area (TPSA) is 257 Å². The molecule has 0 radical (unpaired) electrons. The van der Waals surface area contributed by atoms with E-state index in [4.69, 9.17) is 0 Å². The third-order valence-electron chi connectivity index (χ3n) is 12.2. The van der Waals surface area contributed by atoms with Crippen LogP contribution in [0.4, 0.5) is 0 Å². The van der Waals surface area contributed by atoms with Gasteiger partial charge < -0.3 is 36.6 Å². The highest BCUT2D eigenvalue weighted by atomic mass is 32.2. The molecule has 0 bridgehead atoms. The van der Waals surface area contributed by atoms with Crippen molar-refractivity contribution in [2.75, 3.05) is 6.54 Å². The van der Waals surface area contributed by atoms with E-state index in [9.17, 15) is 51.6 Å². The van der Waals surface area contributed by atoms with E-state index in [0.29, 0.717) is 36.8 Å². The summed E-state index contributed by atoms with van der Waals surface area (Å²) in [5.41, 5.74) is 1.02. The Morgan fingerprint density at radius 3 is 1.96 bits per heavy atom. The van der Waals surface area contributed by atoms with Crippen molar-refractivity contribution in [2.24, 2.45) is 5.92 Å². The van der Waals surface area contributed by atoms with Crippen molar-refractivity contribution in [1.29, 1.82) is 0 Å². The number of fused-ring (bicyclic) bond motifs is 1. The van der Waals surface area contributed by atoms with Gasteiger partial charge >= 0.3 is 5.97 Å². The van der Waals surface area contributed by atoms with E-state index in [2.05, 4.69) is 26.6 Å². The summed E-state index contributed by atoms with van der Waals surface area (Å²) in [6.07, 6.45) is 4.54. The van der Waals surface area contributed by atoms with Crippen LogP contribution in [-0.4, -0.2) is 107 Å². The quantitative estimate of drug-likeness (QED) is 0.0706. The van der Waals surface area contributed by atoms with Crippen LogP contribution in [-0.2, 0) is 62.3 Å². The highest BCUT2D eigenvalue weighted by molar-refractivity contribution is 7.85. The van der Waals surface area contributed by atoms with Crippen LogP contribution in [0.2, 0.25) is 0 Å². The summed E-state index contributed by atoms with van der Waals surface area (Å²) < 4.78 is 32.2. The number of amides is 6. The summed E-state index contributed by atoms with van der Waals surface area (Å²) in [6, 6.07) is 13.9. The average molecular weight is 947 g/mol. The Morgan fingerprint density at radius 2 is 1.31 bits per heavy atom. The number of rotatable bonds is 22. The predicted octanol–water partition coefficient (Wildman–Crippen LogP) is 4.10. The fourth-order valence-electron chi connectivity index (χ4n) is 8.85.